The summed E-state index contributed by atoms with van der Waals surface area (Å²) in [6.07, 6.45) is 5.40. The highest BCUT2D eigenvalue weighted by Crippen LogP contribution is 2.31. The third kappa shape index (κ3) is 4.20. The van der Waals surface area contributed by atoms with Crippen LogP contribution in [0.2, 0.25) is 0 Å². The molecule has 0 bridgehead atoms. The molecule has 0 spiro atoms. The van der Waals surface area contributed by atoms with Gasteiger partial charge in [-0.25, -0.2) is 8.42 Å². The van der Waals surface area contributed by atoms with Gasteiger partial charge in [-0.2, -0.15) is 0 Å². The molecule has 0 aromatic rings. The van der Waals surface area contributed by atoms with Gasteiger partial charge in [0, 0.05) is 0 Å². The molecule has 0 aliphatic heterocycles. The Hall–Kier alpha value is -0.580. The number of esters is 1. The van der Waals surface area contributed by atoms with Crippen molar-refractivity contribution in [2.24, 2.45) is 5.92 Å². The first-order valence-corrected chi connectivity index (χ1v) is 8.85. The van der Waals surface area contributed by atoms with E-state index in [0.717, 1.165) is 25.7 Å². The summed E-state index contributed by atoms with van der Waals surface area (Å²) in [5, 5.41) is -1.33. The van der Waals surface area contributed by atoms with Crippen molar-refractivity contribution >= 4 is 15.8 Å². The zero-order valence-electron chi connectivity index (χ0n) is 12.2. The maximum Gasteiger partial charge on any atom is 0.324 e. The van der Waals surface area contributed by atoms with E-state index in [1.165, 1.54) is 7.11 Å². The van der Waals surface area contributed by atoms with Gasteiger partial charge in [0.1, 0.15) is 0 Å². The summed E-state index contributed by atoms with van der Waals surface area (Å²) in [5.41, 5.74) is 0. The van der Waals surface area contributed by atoms with E-state index < -0.39 is 21.1 Å². The second-order valence-corrected chi connectivity index (χ2v) is 8.05. The van der Waals surface area contributed by atoms with Crippen molar-refractivity contribution in [3.05, 3.63) is 0 Å². The number of carbonyl (C=O) groups is 1. The minimum absolute atomic E-state index is 0.364. The standard InChI is InChI=1S/C14H26O4S/c1-4-5-9-13(14(15)18-3)19(16,17)12-8-6-7-11(2)10-12/h11-13H,4-10H2,1-3H3. The Labute approximate surface area is 116 Å². The van der Waals surface area contributed by atoms with Crippen molar-refractivity contribution in [3.8, 4) is 0 Å². The second kappa shape index (κ2) is 7.27. The fraction of sp³-hybridized carbons (Fsp3) is 0.929. The van der Waals surface area contributed by atoms with Crippen LogP contribution in [0.3, 0.4) is 0 Å². The summed E-state index contributed by atoms with van der Waals surface area (Å²) in [7, 11) is -2.15. The minimum atomic E-state index is -3.42. The van der Waals surface area contributed by atoms with Crippen LogP contribution in [0.15, 0.2) is 0 Å². The molecule has 1 fully saturated rings. The van der Waals surface area contributed by atoms with Gasteiger partial charge >= 0.3 is 5.97 Å². The van der Waals surface area contributed by atoms with Crippen molar-refractivity contribution in [1.29, 1.82) is 0 Å². The smallest absolute Gasteiger partial charge is 0.324 e. The maximum absolute atomic E-state index is 12.6. The van der Waals surface area contributed by atoms with E-state index in [2.05, 4.69) is 6.92 Å². The van der Waals surface area contributed by atoms with Gasteiger partial charge in [-0.1, -0.05) is 39.5 Å². The third-order valence-corrected chi connectivity index (χ3v) is 6.61. The summed E-state index contributed by atoms with van der Waals surface area (Å²) in [4.78, 5) is 11.8. The fourth-order valence-corrected chi connectivity index (χ4v) is 5.26. The molecule has 0 saturated heterocycles. The van der Waals surface area contributed by atoms with Crippen LogP contribution >= 0.6 is 0 Å². The fourth-order valence-electron chi connectivity index (χ4n) is 2.85. The summed E-state index contributed by atoms with van der Waals surface area (Å²) in [6.45, 7) is 4.07. The number of sulfone groups is 1. The molecule has 0 aromatic carbocycles. The predicted octanol–water partition coefficient (Wildman–Crippen LogP) is 2.71. The lowest BCUT2D eigenvalue weighted by Crippen LogP contribution is -2.40. The highest BCUT2D eigenvalue weighted by Gasteiger charge is 2.40. The highest BCUT2D eigenvalue weighted by molar-refractivity contribution is 7.93. The summed E-state index contributed by atoms with van der Waals surface area (Å²) >= 11 is 0. The van der Waals surface area contributed by atoms with E-state index in [1.807, 2.05) is 6.92 Å². The zero-order chi connectivity index (χ0) is 14.5. The number of carbonyl (C=O) groups excluding carboxylic acids is 1. The number of rotatable bonds is 6. The first kappa shape index (κ1) is 16.5. The molecule has 19 heavy (non-hydrogen) atoms. The van der Waals surface area contributed by atoms with Crippen LogP contribution in [-0.2, 0) is 19.4 Å². The van der Waals surface area contributed by atoms with Gasteiger partial charge in [0.25, 0.3) is 0 Å². The molecule has 0 aromatic heterocycles. The average molecular weight is 290 g/mol. The second-order valence-electron chi connectivity index (χ2n) is 5.64. The molecule has 0 amide bonds. The van der Waals surface area contributed by atoms with E-state index in [-0.39, 0.29) is 5.25 Å². The molecular weight excluding hydrogens is 264 g/mol. The van der Waals surface area contributed by atoms with Gasteiger partial charge in [-0.05, 0) is 25.2 Å². The van der Waals surface area contributed by atoms with Gasteiger partial charge in [-0.15, -0.1) is 0 Å². The summed E-state index contributed by atoms with van der Waals surface area (Å²) < 4.78 is 30.0. The number of methoxy groups -OCH3 is 1. The Balaban J connectivity index is 2.88. The van der Waals surface area contributed by atoms with Crippen LogP contribution in [0.1, 0.15) is 58.8 Å². The van der Waals surface area contributed by atoms with Crippen LogP contribution in [0.4, 0.5) is 0 Å². The Morgan fingerprint density at radius 2 is 2.05 bits per heavy atom. The Morgan fingerprint density at radius 1 is 1.37 bits per heavy atom. The molecule has 5 heteroatoms. The first-order chi connectivity index (χ1) is 8.93. The van der Waals surface area contributed by atoms with Crippen LogP contribution in [0, 0.1) is 5.92 Å². The molecule has 0 N–H and O–H groups in total. The van der Waals surface area contributed by atoms with Crippen LogP contribution in [-0.4, -0.2) is 32.0 Å². The molecule has 1 rings (SSSR count). The lowest BCUT2D eigenvalue weighted by molar-refractivity contribution is -0.140. The van der Waals surface area contributed by atoms with Crippen molar-refractivity contribution < 1.29 is 17.9 Å². The Kier molecular flexibility index (Phi) is 6.30. The molecule has 0 radical (unpaired) electrons. The molecule has 1 saturated carbocycles. The van der Waals surface area contributed by atoms with E-state index in [0.29, 0.717) is 25.2 Å². The molecule has 3 atom stereocenters. The van der Waals surface area contributed by atoms with E-state index in [9.17, 15) is 13.2 Å². The quantitative estimate of drug-likeness (QED) is 0.706. The van der Waals surface area contributed by atoms with Gasteiger partial charge in [0.2, 0.25) is 0 Å². The van der Waals surface area contributed by atoms with E-state index in [4.69, 9.17) is 4.74 Å². The molecule has 0 heterocycles. The topological polar surface area (TPSA) is 60.4 Å². The normalized spacial score (nSPS) is 25.8. The van der Waals surface area contributed by atoms with Crippen LogP contribution in [0.25, 0.3) is 0 Å². The number of unbranched alkanes of at least 4 members (excludes halogenated alkanes) is 1. The van der Waals surface area contributed by atoms with E-state index in [1.54, 1.807) is 0 Å². The molecule has 3 unspecified atom stereocenters. The lowest BCUT2D eigenvalue weighted by Gasteiger charge is -2.29. The monoisotopic (exact) mass is 290 g/mol. The van der Waals surface area contributed by atoms with Crippen molar-refractivity contribution in [2.75, 3.05) is 7.11 Å². The largest absolute Gasteiger partial charge is 0.468 e. The summed E-state index contributed by atoms with van der Waals surface area (Å²) in [6, 6.07) is 0. The Bertz CT molecular complexity index is 388. The molecule has 112 valence electrons. The Morgan fingerprint density at radius 3 is 2.58 bits per heavy atom. The van der Waals surface area contributed by atoms with Crippen LogP contribution < -0.4 is 0 Å². The zero-order valence-corrected chi connectivity index (χ0v) is 13.0. The SMILES string of the molecule is CCCCC(C(=O)OC)S(=O)(=O)C1CCCC(C)C1. The van der Waals surface area contributed by atoms with Crippen LogP contribution in [0.5, 0.6) is 0 Å². The lowest BCUT2D eigenvalue weighted by atomic mass is 9.90. The number of hydrogen-bond acceptors (Lipinski definition) is 4. The van der Waals surface area contributed by atoms with E-state index >= 15 is 0 Å². The maximum atomic E-state index is 12.6. The highest BCUT2D eigenvalue weighted by atomic mass is 32.2. The minimum Gasteiger partial charge on any atom is -0.468 e. The molecule has 4 nitrogen and oxygen atoms in total. The van der Waals surface area contributed by atoms with Crippen molar-refractivity contribution in [3.63, 3.8) is 0 Å². The van der Waals surface area contributed by atoms with Gasteiger partial charge < -0.3 is 4.74 Å². The van der Waals surface area contributed by atoms with Crippen molar-refractivity contribution in [1.82, 2.24) is 0 Å². The van der Waals surface area contributed by atoms with Gasteiger partial charge in [0.15, 0.2) is 15.1 Å². The molecule has 1 aliphatic rings. The number of hydrogen-bond donors (Lipinski definition) is 0. The van der Waals surface area contributed by atoms with Gasteiger partial charge in [-0.3, -0.25) is 4.79 Å². The average Bonchev–Trinajstić information content (AvgIpc) is 2.38. The van der Waals surface area contributed by atoms with Gasteiger partial charge in [0.05, 0.1) is 12.4 Å². The van der Waals surface area contributed by atoms with Crippen molar-refractivity contribution in [2.45, 2.75) is 69.3 Å². The molecule has 1 aliphatic carbocycles. The first-order valence-electron chi connectivity index (χ1n) is 7.24. The molecular formula is C14H26O4S. The number of ether oxygens (including phenoxy) is 1. The summed E-state index contributed by atoms with van der Waals surface area (Å²) in [5.74, 6) is -0.162. The predicted molar refractivity (Wildman–Crippen MR) is 75.7 cm³/mol. The third-order valence-electron chi connectivity index (χ3n) is 4.03.